The molecule has 5 nitrogen and oxygen atoms in total. The normalized spacial score (nSPS) is 23.9. The maximum Gasteiger partial charge on any atom is 0.303 e. The lowest BCUT2D eigenvalue weighted by Gasteiger charge is -2.28. The zero-order chi connectivity index (χ0) is 21.3. The number of hydrogen-bond donors (Lipinski definition) is 3. The molecule has 0 aromatic rings. The highest BCUT2D eigenvalue weighted by molar-refractivity contribution is 5.84. The number of unbranched alkanes of at least 4 members (excludes halogenated alkanes) is 3. The number of aliphatic hydroxyl groups excluding tert-OH is 2. The van der Waals surface area contributed by atoms with Gasteiger partial charge in [0.25, 0.3) is 0 Å². The molecule has 0 aromatic heterocycles. The van der Waals surface area contributed by atoms with Gasteiger partial charge in [-0.05, 0) is 38.5 Å². The Morgan fingerprint density at radius 2 is 1.86 bits per heavy atom. The Bertz CT molecular complexity index is 572. The summed E-state index contributed by atoms with van der Waals surface area (Å²) in [4.78, 5) is 22.8. The van der Waals surface area contributed by atoms with Crippen LogP contribution in [0.25, 0.3) is 0 Å². The molecule has 0 saturated heterocycles. The third-order valence-electron chi connectivity index (χ3n) is 5.74. The predicted molar refractivity (Wildman–Crippen MR) is 111 cm³/mol. The number of ketones is 1. The molecule has 28 heavy (non-hydrogen) atoms. The van der Waals surface area contributed by atoms with Crippen molar-refractivity contribution in [3.8, 4) is 0 Å². The van der Waals surface area contributed by atoms with Crippen LogP contribution in [-0.2, 0) is 9.59 Å². The molecule has 0 aliphatic heterocycles. The molecule has 0 spiro atoms. The van der Waals surface area contributed by atoms with Gasteiger partial charge in [-0.25, -0.2) is 0 Å². The Morgan fingerprint density at radius 1 is 1.21 bits per heavy atom. The van der Waals surface area contributed by atoms with Crippen LogP contribution in [0.4, 0.5) is 0 Å². The first kappa shape index (κ1) is 24.6. The van der Waals surface area contributed by atoms with Gasteiger partial charge in [-0.3, -0.25) is 9.59 Å². The van der Waals surface area contributed by atoms with Crippen molar-refractivity contribution in [2.24, 2.45) is 17.3 Å². The zero-order valence-electron chi connectivity index (χ0n) is 17.9. The highest BCUT2D eigenvalue weighted by Crippen LogP contribution is 2.35. The molecular formula is C23H38O5. The number of rotatable bonds is 12. The molecule has 0 unspecified atom stereocenters. The largest absolute Gasteiger partial charge is 0.481 e. The highest BCUT2D eigenvalue weighted by Gasteiger charge is 2.39. The second kappa shape index (κ2) is 11.5. The highest BCUT2D eigenvalue weighted by atomic mass is 16.4. The van der Waals surface area contributed by atoms with Crippen molar-refractivity contribution in [1.29, 1.82) is 0 Å². The number of carboxylic acid groups (broad SMARTS) is 1. The fourth-order valence-corrected chi connectivity index (χ4v) is 3.67. The van der Waals surface area contributed by atoms with E-state index in [1.54, 1.807) is 6.08 Å². The number of Topliss-reactive ketones (excluding diaryl/α,β-unsaturated/α-hetero) is 1. The number of hydrogen-bond acceptors (Lipinski definition) is 4. The lowest BCUT2D eigenvalue weighted by Crippen LogP contribution is -2.28. The van der Waals surface area contributed by atoms with Crippen LogP contribution in [0.15, 0.2) is 23.8 Å². The number of aliphatic hydroxyl groups is 2. The van der Waals surface area contributed by atoms with E-state index in [1.165, 1.54) is 5.57 Å². The smallest absolute Gasteiger partial charge is 0.303 e. The molecule has 160 valence electrons. The molecule has 0 aromatic carbocycles. The van der Waals surface area contributed by atoms with Crippen molar-refractivity contribution >= 4 is 11.8 Å². The first-order chi connectivity index (χ1) is 13.0. The maximum absolute atomic E-state index is 12.3. The van der Waals surface area contributed by atoms with Crippen molar-refractivity contribution in [2.75, 3.05) is 0 Å². The van der Waals surface area contributed by atoms with Crippen LogP contribution in [-0.4, -0.2) is 39.3 Å². The lowest BCUT2D eigenvalue weighted by atomic mass is 9.81. The summed E-state index contributed by atoms with van der Waals surface area (Å²) < 4.78 is 0. The van der Waals surface area contributed by atoms with E-state index in [4.69, 9.17) is 5.11 Å². The monoisotopic (exact) mass is 394 g/mol. The summed E-state index contributed by atoms with van der Waals surface area (Å²) in [7, 11) is 0. The molecule has 1 fully saturated rings. The third-order valence-corrected chi connectivity index (χ3v) is 5.74. The standard InChI is InChI=1S/C23H38O5/c1-16(2)13-14-23(3,4)21(26)12-11-18-17(19(24)15-20(18)25)9-7-5-6-8-10-22(27)28/h11-13,17-18,20-21,25-26H,5-10,14-15H2,1-4H3,(H,27,28)/b12-11+/t17-,18-,20-,21-/m1/s1. The fraction of sp³-hybridized carbons (Fsp3) is 0.739. The van der Waals surface area contributed by atoms with Crippen LogP contribution < -0.4 is 0 Å². The molecule has 4 atom stereocenters. The average molecular weight is 395 g/mol. The van der Waals surface area contributed by atoms with E-state index in [-0.39, 0.29) is 35.9 Å². The average Bonchev–Trinajstić information content (AvgIpc) is 2.86. The second-order valence-corrected chi connectivity index (χ2v) is 9.07. The van der Waals surface area contributed by atoms with Crippen LogP contribution in [0.5, 0.6) is 0 Å². The summed E-state index contributed by atoms with van der Waals surface area (Å²) >= 11 is 0. The lowest BCUT2D eigenvalue weighted by molar-refractivity contribution is -0.137. The summed E-state index contributed by atoms with van der Waals surface area (Å²) in [6.07, 6.45) is 9.41. The van der Waals surface area contributed by atoms with Crippen LogP contribution in [0.2, 0.25) is 0 Å². The van der Waals surface area contributed by atoms with E-state index in [1.807, 2.05) is 33.8 Å². The van der Waals surface area contributed by atoms with E-state index in [9.17, 15) is 19.8 Å². The van der Waals surface area contributed by atoms with Gasteiger partial charge >= 0.3 is 5.97 Å². The Balaban J connectivity index is 2.60. The molecule has 1 saturated carbocycles. The van der Waals surface area contributed by atoms with Crippen LogP contribution in [0, 0.1) is 17.3 Å². The minimum Gasteiger partial charge on any atom is -0.481 e. The van der Waals surface area contributed by atoms with Gasteiger partial charge in [-0.1, -0.05) is 56.9 Å². The number of allylic oxidation sites excluding steroid dienone is 2. The molecule has 1 aliphatic rings. The van der Waals surface area contributed by atoms with Crippen LogP contribution >= 0.6 is 0 Å². The summed E-state index contributed by atoms with van der Waals surface area (Å²) in [6, 6.07) is 0. The maximum atomic E-state index is 12.3. The van der Waals surface area contributed by atoms with Gasteiger partial charge in [0.15, 0.2) is 0 Å². The van der Waals surface area contributed by atoms with Crippen molar-refractivity contribution in [3.05, 3.63) is 23.8 Å². The fourth-order valence-electron chi connectivity index (χ4n) is 3.67. The summed E-state index contributed by atoms with van der Waals surface area (Å²) in [6.45, 7) is 8.08. The third kappa shape index (κ3) is 8.27. The van der Waals surface area contributed by atoms with Crippen LogP contribution in [0.3, 0.4) is 0 Å². The minimum absolute atomic E-state index is 0.0889. The molecule has 0 amide bonds. The number of carbonyl (C=O) groups is 2. The number of carboxylic acids is 1. The van der Waals surface area contributed by atoms with Gasteiger partial charge in [0.1, 0.15) is 5.78 Å². The molecular weight excluding hydrogens is 356 g/mol. The number of aliphatic carboxylic acids is 1. The van der Waals surface area contributed by atoms with E-state index >= 15 is 0 Å². The summed E-state index contributed by atoms with van der Waals surface area (Å²) in [5.41, 5.74) is 0.894. The van der Waals surface area contributed by atoms with Gasteiger partial charge in [0.2, 0.25) is 0 Å². The van der Waals surface area contributed by atoms with Crippen molar-refractivity contribution in [1.82, 2.24) is 0 Å². The van der Waals surface area contributed by atoms with Crippen LogP contribution in [0.1, 0.15) is 79.1 Å². The van der Waals surface area contributed by atoms with E-state index in [0.717, 1.165) is 25.7 Å². The molecule has 5 heteroatoms. The molecule has 0 bridgehead atoms. The molecule has 1 rings (SSSR count). The Hall–Kier alpha value is -1.46. The van der Waals surface area contributed by atoms with Gasteiger partial charge in [-0.15, -0.1) is 0 Å². The number of carbonyl (C=O) groups excluding carboxylic acids is 1. The Morgan fingerprint density at radius 3 is 2.46 bits per heavy atom. The second-order valence-electron chi connectivity index (χ2n) is 9.07. The van der Waals surface area contributed by atoms with E-state index in [2.05, 4.69) is 6.08 Å². The topological polar surface area (TPSA) is 94.8 Å². The SMILES string of the molecule is CC(C)=CCC(C)(C)[C@H](O)/C=C/[C@H]1[C@H](O)CC(=O)[C@@H]1CCCCCCC(=O)O. The van der Waals surface area contributed by atoms with Gasteiger partial charge in [-0.2, -0.15) is 0 Å². The van der Waals surface area contributed by atoms with Crippen molar-refractivity contribution < 1.29 is 24.9 Å². The Kier molecular flexibility index (Phi) is 10.1. The van der Waals surface area contributed by atoms with Gasteiger partial charge < -0.3 is 15.3 Å². The first-order valence-electron chi connectivity index (χ1n) is 10.5. The van der Waals surface area contributed by atoms with Crippen molar-refractivity contribution in [2.45, 2.75) is 91.3 Å². The van der Waals surface area contributed by atoms with Gasteiger partial charge in [0.05, 0.1) is 12.2 Å². The molecule has 3 N–H and O–H groups in total. The minimum atomic E-state index is -0.773. The first-order valence-corrected chi connectivity index (χ1v) is 10.5. The predicted octanol–water partition coefficient (Wildman–Crippen LogP) is 4.28. The summed E-state index contributed by atoms with van der Waals surface area (Å²) in [5.74, 6) is -1.14. The van der Waals surface area contributed by atoms with E-state index < -0.39 is 18.2 Å². The summed E-state index contributed by atoms with van der Waals surface area (Å²) in [5, 5.41) is 29.5. The molecule has 0 radical (unpaired) electrons. The zero-order valence-corrected chi connectivity index (χ0v) is 17.9. The molecule has 0 heterocycles. The van der Waals surface area contributed by atoms with Gasteiger partial charge in [0, 0.05) is 24.7 Å². The van der Waals surface area contributed by atoms with E-state index in [0.29, 0.717) is 12.8 Å². The molecule has 1 aliphatic carbocycles. The quantitative estimate of drug-likeness (QED) is 0.339. The Labute approximate surface area is 169 Å². The van der Waals surface area contributed by atoms with Crippen molar-refractivity contribution in [3.63, 3.8) is 0 Å².